The van der Waals surface area contributed by atoms with Crippen LogP contribution in [0.3, 0.4) is 0 Å². The predicted molar refractivity (Wildman–Crippen MR) is 69.2 cm³/mol. The van der Waals surface area contributed by atoms with Gasteiger partial charge in [0.1, 0.15) is 17.2 Å². The van der Waals surface area contributed by atoms with Gasteiger partial charge in [0.2, 0.25) is 0 Å². The maximum absolute atomic E-state index is 10.1. The monoisotopic (exact) mass is 245 g/mol. The predicted octanol–water partition coefficient (Wildman–Crippen LogP) is 2.78. The zero-order valence-corrected chi connectivity index (χ0v) is 10.6. The number of ether oxygens (including phenoxy) is 2. The third-order valence-corrected chi connectivity index (χ3v) is 2.80. The minimum atomic E-state index is 0.157. The molecule has 18 heavy (non-hydrogen) atoms. The molecule has 0 spiro atoms. The Bertz CT molecular complexity index is 567. The maximum atomic E-state index is 10.1. The second-order valence-electron chi connectivity index (χ2n) is 3.86. The fraction of sp³-hybridized carbons (Fsp3) is 0.214. The minimum absolute atomic E-state index is 0.157. The van der Waals surface area contributed by atoms with Crippen LogP contribution >= 0.6 is 0 Å². The summed E-state index contributed by atoms with van der Waals surface area (Å²) in [5.41, 5.74) is 2.04. The van der Waals surface area contributed by atoms with E-state index in [4.69, 9.17) is 9.47 Å². The van der Waals surface area contributed by atoms with E-state index in [0.29, 0.717) is 22.8 Å². The van der Waals surface area contributed by atoms with Crippen LogP contribution in [0.1, 0.15) is 5.69 Å². The molecule has 4 nitrogen and oxygen atoms in total. The summed E-state index contributed by atoms with van der Waals surface area (Å²) in [7, 11) is 3.19. The van der Waals surface area contributed by atoms with Crippen molar-refractivity contribution in [2.45, 2.75) is 6.92 Å². The molecule has 0 atom stereocenters. The Balaban J connectivity index is 2.64. The summed E-state index contributed by atoms with van der Waals surface area (Å²) in [6.45, 7) is 1.76. The van der Waals surface area contributed by atoms with Crippen LogP contribution in [-0.4, -0.2) is 24.3 Å². The van der Waals surface area contributed by atoms with E-state index in [1.54, 1.807) is 33.4 Å². The first kappa shape index (κ1) is 12.2. The molecule has 1 aromatic carbocycles. The van der Waals surface area contributed by atoms with Gasteiger partial charge in [-0.1, -0.05) is 0 Å². The number of hydrogen-bond donors (Lipinski definition) is 1. The zero-order valence-electron chi connectivity index (χ0n) is 10.6. The van der Waals surface area contributed by atoms with Crippen molar-refractivity contribution in [2.75, 3.05) is 14.2 Å². The van der Waals surface area contributed by atoms with Gasteiger partial charge in [-0.05, 0) is 31.2 Å². The first-order valence-electron chi connectivity index (χ1n) is 5.54. The van der Waals surface area contributed by atoms with Crippen LogP contribution in [-0.2, 0) is 0 Å². The first-order chi connectivity index (χ1) is 8.67. The standard InChI is InChI=1S/C14H15NO3/c1-9-14(16)11(6-7-15-9)12-8-10(17-2)4-5-13(12)18-3/h4-8,16H,1-3H3. The van der Waals surface area contributed by atoms with E-state index >= 15 is 0 Å². The third kappa shape index (κ3) is 2.09. The molecule has 0 radical (unpaired) electrons. The second-order valence-corrected chi connectivity index (χ2v) is 3.86. The number of aromatic nitrogens is 1. The van der Waals surface area contributed by atoms with Gasteiger partial charge in [-0.25, -0.2) is 0 Å². The zero-order chi connectivity index (χ0) is 13.1. The van der Waals surface area contributed by atoms with Gasteiger partial charge in [0.25, 0.3) is 0 Å². The van der Waals surface area contributed by atoms with Crippen molar-refractivity contribution in [3.8, 4) is 28.4 Å². The highest BCUT2D eigenvalue weighted by Crippen LogP contribution is 2.38. The van der Waals surface area contributed by atoms with Crippen LogP contribution in [0, 0.1) is 6.92 Å². The van der Waals surface area contributed by atoms with Gasteiger partial charge in [0.05, 0.1) is 19.9 Å². The number of hydrogen-bond acceptors (Lipinski definition) is 4. The Kier molecular flexibility index (Phi) is 3.37. The number of methoxy groups -OCH3 is 2. The Morgan fingerprint density at radius 3 is 2.50 bits per heavy atom. The molecule has 94 valence electrons. The van der Waals surface area contributed by atoms with Crippen LogP contribution in [0.2, 0.25) is 0 Å². The quantitative estimate of drug-likeness (QED) is 0.903. The molecule has 0 bridgehead atoms. The molecule has 0 aliphatic heterocycles. The number of rotatable bonds is 3. The smallest absolute Gasteiger partial charge is 0.144 e. The van der Waals surface area contributed by atoms with E-state index in [-0.39, 0.29) is 5.75 Å². The number of nitrogens with zero attached hydrogens (tertiary/aromatic N) is 1. The second kappa shape index (κ2) is 4.96. The topological polar surface area (TPSA) is 51.6 Å². The van der Waals surface area contributed by atoms with Gasteiger partial charge in [0.15, 0.2) is 0 Å². The molecule has 0 unspecified atom stereocenters. The summed E-state index contributed by atoms with van der Waals surface area (Å²) in [6.07, 6.45) is 1.66. The van der Waals surface area contributed by atoms with E-state index in [1.165, 1.54) is 0 Å². The Morgan fingerprint density at radius 2 is 1.83 bits per heavy atom. The van der Waals surface area contributed by atoms with Gasteiger partial charge >= 0.3 is 0 Å². The molecule has 2 rings (SSSR count). The summed E-state index contributed by atoms with van der Waals surface area (Å²) >= 11 is 0. The highest BCUT2D eigenvalue weighted by atomic mass is 16.5. The largest absolute Gasteiger partial charge is 0.505 e. The van der Waals surface area contributed by atoms with Gasteiger partial charge in [-0.15, -0.1) is 0 Å². The van der Waals surface area contributed by atoms with E-state index < -0.39 is 0 Å². The van der Waals surface area contributed by atoms with Gasteiger partial charge in [0, 0.05) is 17.3 Å². The number of aromatic hydroxyl groups is 1. The van der Waals surface area contributed by atoms with Crippen molar-refractivity contribution in [2.24, 2.45) is 0 Å². The highest BCUT2D eigenvalue weighted by molar-refractivity contribution is 5.77. The van der Waals surface area contributed by atoms with E-state index in [9.17, 15) is 5.11 Å². The lowest BCUT2D eigenvalue weighted by Gasteiger charge is -2.12. The van der Waals surface area contributed by atoms with Crippen LogP contribution in [0.15, 0.2) is 30.5 Å². The molecule has 1 N–H and O–H groups in total. The molecule has 0 saturated carbocycles. The van der Waals surface area contributed by atoms with Crippen molar-refractivity contribution in [3.05, 3.63) is 36.2 Å². The van der Waals surface area contributed by atoms with Gasteiger partial charge in [-0.3, -0.25) is 4.98 Å². The van der Waals surface area contributed by atoms with Crippen molar-refractivity contribution in [1.82, 2.24) is 4.98 Å². The van der Waals surface area contributed by atoms with Crippen LogP contribution in [0.25, 0.3) is 11.1 Å². The van der Waals surface area contributed by atoms with Crippen molar-refractivity contribution < 1.29 is 14.6 Å². The average Bonchev–Trinajstić information content (AvgIpc) is 2.41. The molecule has 0 fully saturated rings. The van der Waals surface area contributed by atoms with Crippen molar-refractivity contribution in [3.63, 3.8) is 0 Å². The van der Waals surface area contributed by atoms with E-state index in [0.717, 1.165) is 5.56 Å². The molecule has 0 aliphatic carbocycles. The molecule has 0 saturated heterocycles. The van der Waals surface area contributed by atoms with Gasteiger partial charge in [-0.2, -0.15) is 0 Å². The van der Waals surface area contributed by atoms with E-state index in [2.05, 4.69) is 4.98 Å². The van der Waals surface area contributed by atoms with Crippen molar-refractivity contribution >= 4 is 0 Å². The molecule has 2 aromatic rings. The SMILES string of the molecule is COc1ccc(OC)c(-c2ccnc(C)c2O)c1. The lowest BCUT2D eigenvalue weighted by Crippen LogP contribution is -1.92. The molecule has 0 aliphatic rings. The molecular weight excluding hydrogens is 230 g/mol. The maximum Gasteiger partial charge on any atom is 0.144 e. The average molecular weight is 245 g/mol. The normalized spacial score (nSPS) is 10.2. The van der Waals surface area contributed by atoms with Crippen LogP contribution < -0.4 is 9.47 Å². The lowest BCUT2D eigenvalue weighted by molar-refractivity contribution is 0.404. The minimum Gasteiger partial charge on any atom is -0.505 e. The van der Waals surface area contributed by atoms with E-state index in [1.807, 2.05) is 18.2 Å². The highest BCUT2D eigenvalue weighted by Gasteiger charge is 2.13. The van der Waals surface area contributed by atoms with Crippen LogP contribution in [0.5, 0.6) is 17.2 Å². The Hall–Kier alpha value is -2.23. The lowest BCUT2D eigenvalue weighted by atomic mass is 10.0. The number of pyridine rings is 1. The Morgan fingerprint density at radius 1 is 1.06 bits per heavy atom. The summed E-state index contributed by atoms with van der Waals surface area (Å²) in [4.78, 5) is 4.04. The molecule has 0 amide bonds. The number of benzene rings is 1. The molecule has 4 heteroatoms. The first-order valence-corrected chi connectivity index (χ1v) is 5.54. The summed E-state index contributed by atoms with van der Waals surface area (Å²) < 4.78 is 10.5. The Labute approximate surface area is 106 Å². The number of aryl methyl sites for hydroxylation is 1. The molecule has 1 heterocycles. The fourth-order valence-corrected chi connectivity index (χ4v) is 1.80. The fourth-order valence-electron chi connectivity index (χ4n) is 1.80. The van der Waals surface area contributed by atoms with Crippen LogP contribution in [0.4, 0.5) is 0 Å². The molecule has 1 aromatic heterocycles. The third-order valence-electron chi connectivity index (χ3n) is 2.80. The van der Waals surface area contributed by atoms with Crippen molar-refractivity contribution in [1.29, 1.82) is 0 Å². The summed E-state index contributed by atoms with van der Waals surface area (Å²) in [6, 6.07) is 7.20. The summed E-state index contributed by atoms with van der Waals surface area (Å²) in [5, 5.41) is 10.1. The summed E-state index contributed by atoms with van der Waals surface area (Å²) in [5.74, 6) is 1.54. The molecular formula is C14H15NO3. The van der Waals surface area contributed by atoms with Gasteiger partial charge < -0.3 is 14.6 Å².